The van der Waals surface area contributed by atoms with Crippen molar-refractivity contribution in [1.29, 1.82) is 0 Å². The fourth-order valence-corrected chi connectivity index (χ4v) is 1.46. The first-order valence-electron chi connectivity index (χ1n) is 5.41. The highest BCUT2D eigenvalue weighted by molar-refractivity contribution is 5.52. The van der Waals surface area contributed by atoms with Gasteiger partial charge < -0.3 is 9.69 Å². The van der Waals surface area contributed by atoms with E-state index in [2.05, 4.69) is 28.9 Å². The van der Waals surface area contributed by atoms with E-state index in [1.54, 1.807) is 0 Å². The van der Waals surface area contributed by atoms with Crippen molar-refractivity contribution >= 4 is 12.0 Å². The van der Waals surface area contributed by atoms with Crippen LogP contribution in [0.3, 0.4) is 0 Å². The first kappa shape index (κ1) is 12.3. The van der Waals surface area contributed by atoms with Crippen LogP contribution in [0.2, 0.25) is 0 Å². The van der Waals surface area contributed by atoms with Crippen LogP contribution in [0.15, 0.2) is 24.3 Å². The van der Waals surface area contributed by atoms with Crippen LogP contribution in [-0.4, -0.2) is 19.9 Å². The van der Waals surface area contributed by atoms with Gasteiger partial charge in [0, 0.05) is 19.2 Å². The number of anilines is 1. The highest BCUT2D eigenvalue weighted by Gasteiger charge is 2.00. The Morgan fingerprint density at radius 2 is 2.25 bits per heavy atom. The number of rotatable bonds is 5. The first-order valence-corrected chi connectivity index (χ1v) is 5.41. The van der Waals surface area contributed by atoms with E-state index in [9.17, 15) is 4.79 Å². The van der Waals surface area contributed by atoms with E-state index < -0.39 is 0 Å². The molecule has 16 heavy (non-hydrogen) atoms. The molecular formula is C14H17NO. The summed E-state index contributed by atoms with van der Waals surface area (Å²) in [5.74, 6) is 5.91. The molecule has 0 N–H and O–H groups in total. The third kappa shape index (κ3) is 3.78. The lowest BCUT2D eigenvalue weighted by atomic mass is 10.1. The summed E-state index contributed by atoms with van der Waals surface area (Å²) >= 11 is 0. The molecule has 0 heterocycles. The standard InChI is InChI=1S/C14H17NO/c1-3-4-10-15(2)14-9-5-7-13(12-14)8-6-11-16/h5,7,9,11-12H,6,8,10H2,1-2H3. The Balaban J connectivity index is 2.71. The third-order valence-electron chi connectivity index (χ3n) is 2.40. The molecule has 2 nitrogen and oxygen atoms in total. The molecule has 0 spiro atoms. The molecule has 0 aliphatic heterocycles. The minimum atomic E-state index is 0.585. The summed E-state index contributed by atoms with van der Waals surface area (Å²) in [5.41, 5.74) is 2.34. The van der Waals surface area contributed by atoms with Crippen LogP contribution in [0.25, 0.3) is 0 Å². The second-order valence-electron chi connectivity index (χ2n) is 3.66. The van der Waals surface area contributed by atoms with Gasteiger partial charge in [0.15, 0.2) is 0 Å². The minimum Gasteiger partial charge on any atom is -0.363 e. The number of aldehydes is 1. The number of hydrogen-bond acceptors (Lipinski definition) is 2. The highest BCUT2D eigenvalue weighted by atomic mass is 16.1. The molecule has 0 aliphatic rings. The maximum atomic E-state index is 10.3. The van der Waals surface area contributed by atoms with Crippen LogP contribution in [0.4, 0.5) is 5.69 Å². The van der Waals surface area contributed by atoms with Gasteiger partial charge in [-0.15, -0.1) is 5.92 Å². The zero-order valence-corrected chi connectivity index (χ0v) is 9.86. The van der Waals surface area contributed by atoms with Crippen LogP contribution < -0.4 is 4.90 Å². The van der Waals surface area contributed by atoms with E-state index in [0.29, 0.717) is 6.42 Å². The monoisotopic (exact) mass is 215 g/mol. The highest BCUT2D eigenvalue weighted by Crippen LogP contribution is 2.15. The van der Waals surface area contributed by atoms with Gasteiger partial charge in [0.25, 0.3) is 0 Å². The second-order valence-corrected chi connectivity index (χ2v) is 3.66. The fourth-order valence-electron chi connectivity index (χ4n) is 1.46. The molecule has 0 aromatic heterocycles. The summed E-state index contributed by atoms with van der Waals surface area (Å²) in [6, 6.07) is 8.24. The molecule has 2 heteroatoms. The van der Waals surface area contributed by atoms with Crippen LogP contribution in [0.5, 0.6) is 0 Å². The van der Waals surface area contributed by atoms with E-state index in [1.807, 2.05) is 26.1 Å². The maximum absolute atomic E-state index is 10.3. The summed E-state index contributed by atoms with van der Waals surface area (Å²) in [7, 11) is 2.02. The molecule has 0 saturated carbocycles. The van der Waals surface area contributed by atoms with Gasteiger partial charge in [0.2, 0.25) is 0 Å². The van der Waals surface area contributed by atoms with Gasteiger partial charge in [-0.2, -0.15) is 0 Å². The zero-order valence-electron chi connectivity index (χ0n) is 9.86. The summed E-state index contributed by atoms with van der Waals surface area (Å²) < 4.78 is 0. The molecule has 0 unspecified atom stereocenters. The first-order chi connectivity index (χ1) is 7.77. The SMILES string of the molecule is CC#CCN(C)c1cccc(CCC=O)c1. The number of aryl methyl sites for hydroxylation is 1. The van der Waals surface area contributed by atoms with Crippen molar-refractivity contribution in [1.82, 2.24) is 0 Å². The van der Waals surface area contributed by atoms with E-state index in [1.165, 1.54) is 5.56 Å². The lowest BCUT2D eigenvalue weighted by Crippen LogP contribution is -2.17. The van der Waals surface area contributed by atoms with E-state index in [-0.39, 0.29) is 0 Å². The van der Waals surface area contributed by atoms with Crippen molar-refractivity contribution in [3.05, 3.63) is 29.8 Å². The normalized spacial score (nSPS) is 9.12. The lowest BCUT2D eigenvalue weighted by molar-refractivity contribution is -0.107. The Kier molecular flexibility index (Phi) is 5.15. The predicted octanol–water partition coefficient (Wildman–Crippen LogP) is 2.28. The molecule has 0 bridgehead atoms. The number of carbonyl (C=O) groups is 1. The van der Waals surface area contributed by atoms with Crippen molar-refractivity contribution in [2.24, 2.45) is 0 Å². The average Bonchev–Trinajstić information content (AvgIpc) is 2.33. The fraction of sp³-hybridized carbons (Fsp3) is 0.357. The van der Waals surface area contributed by atoms with Gasteiger partial charge in [0.1, 0.15) is 6.29 Å². The van der Waals surface area contributed by atoms with Crippen LogP contribution in [0, 0.1) is 11.8 Å². The molecule has 0 fully saturated rings. The Bertz CT molecular complexity index is 401. The Hall–Kier alpha value is -1.75. The van der Waals surface area contributed by atoms with E-state index in [0.717, 1.165) is 24.9 Å². The number of benzene rings is 1. The van der Waals surface area contributed by atoms with Gasteiger partial charge in [-0.1, -0.05) is 18.1 Å². The molecular weight excluding hydrogens is 198 g/mol. The number of nitrogens with zero attached hydrogens (tertiary/aromatic N) is 1. The van der Waals surface area contributed by atoms with Gasteiger partial charge in [-0.05, 0) is 31.0 Å². The summed E-state index contributed by atoms with van der Waals surface area (Å²) in [5, 5.41) is 0. The zero-order chi connectivity index (χ0) is 11.8. The summed E-state index contributed by atoms with van der Waals surface area (Å²) in [4.78, 5) is 12.4. The van der Waals surface area contributed by atoms with Crippen molar-refractivity contribution in [3.8, 4) is 11.8 Å². The van der Waals surface area contributed by atoms with Gasteiger partial charge >= 0.3 is 0 Å². The third-order valence-corrected chi connectivity index (χ3v) is 2.40. The molecule has 0 saturated heterocycles. The van der Waals surface area contributed by atoms with Crippen molar-refractivity contribution < 1.29 is 4.79 Å². The average molecular weight is 215 g/mol. The molecule has 0 radical (unpaired) electrons. The second kappa shape index (κ2) is 6.68. The van der Waals surface area contributed by atoms with E-state index in [4.69, 9.17) is 0 Å². The quantitative estimate of drug-likeness (QED) is 0.555. The lowest BCUT2D eigenvalue weighted by Gasteiger charge is -2.16. The van der Waals surface area contributed by atoms with Crippen molar-refractivity contribution in [2.45, 2.75) is 19.8 Å². The molecule has 1 rings (SSSR count). The molecule has 0 aliphatic carbocycles. The molecule has 84 valence electrons. The van der Waals surface area contributed by atoms with Crippen molar-refractivity contribution in [2.75, 3.05) is 18.5 Å². The Labute approximate surface area is 97.3 Å². The number of hydrogen-bond donors (Lipinski definition) is 0. The molecule has 1 aromatic rings. The number of carbonyl (C=O) groups excluding carboxylic acids is 1. The molecule has 1 aromatic carbocycles. The minimum absolute atomic E-state index is 0.585. The van der Waals surface area contributed by atoms with Crippen LogP contribution in [0.1, 0.15) is 18.9 Å². The Morgan fingerprint density at radius 1 is 1.44 bits per heavy atom. The predicted molar refractivity (Wildman–Crippen MR) is 67.5 cm³/mol. The summed E-state index contributed by atoms with van der Waals surface area (Å²) in [6.07, 6.45) is 2.35. The molecule has 0 atom stereocenters. The topological polar surface area (TPSA) is 20.3 Å². The van der Waals surface area contributed by atoms with Gasteiger partial charge in [-0.3, -0.25) is 0 Å². The Morgan fingerprint density at radius 3 is 2.94 bits per heavy atom. The summed E-state index contributed by atoms with van der Waals surface area (Å²) in [6.45, 7) is 2.57. The smallest absolute Gasteiger partial charge is 0.120 e. The largest absolute Gasteiger partial charge is 0.363 e. The van der Waals surface area contributed by atoms with Crippen molar-refractivity contribution in [3.63, 3.8) is 0 Å². The van der Waals surface area contributed by atoms with Crippen LogP contribution in [-0.2, 0) is 11.2 Å². The molecule has 0 amide bonds. The van der Waals surface area contributed by atoms with Gasteiger partial charge in [-0.25, -0.2) is 0 Å². The maximum Gasteiger partial charge on any atom is 0.120 e. The van der Waals surface area contributed by atoms with E-state index >= 15 is 0 Å². The van der Waals surface area contributed by atoms with Gasteiger partial charge in [0.05, 0.1) is 6.54 Å². The van der Waals surface area contributed by atoms with Crippen LogP contribution >= 0.6 is 0 Å².